The Hall–Kier alpha value is -1.56. The monoisotopic (exact) mass is 268 g/mol. The third-order valence-corrected chi connectivity index (χ3v) is 3.59. The van der Waals surface area contributed by atoms with Crippen LogP contribution in [0.25, 0.3) is 0 Å². The number of amides is 2. The lowest BCUT2D eigenvalue weighted by atomic mass is 10.1. The molecule has 106 valence electrons. The highest BCUT2D eigenvalue weighted by atomic mass is 16.5. The van der Waals surface area contributed by atoms with Gasteiger partial charge in [-0.3, -0.25) is 0 Å². The van der Waals surface area contributed by atoms with Crippen LogP contribution in [0.1, 0.15) is 26.2 Å². The Bertz CT molecular complexity index is 394. The zero-order valence-electron chi connectivity index (χ0n) is 11.1. The van der Waals surface area contributed by atoms with Gasteiger partial charge in [-0.2, -0.15) is 0 Å². The molecular formula is C13H20N2O4. The molecule has 6 nitrogen and oxygen atoms in total. The van der Waals surface area contributed by atoms with Crippen molar-refractivity contribution in [2.75, 3.05) is 19.6 Å². The van der Waals surface area contributed by atoms with E-state index in [0.717, 1.165) is 13.0 Å². The van der Waals surface area contributed by atoms with E-state index in [1.165, 1.54) is 5.57 Å². The highest BCUT2D eigenvalue weighted by molar-refractivity contribution is 5.74. The van der Waals surface area contributed by atoms with Crippen LogP contribution in [0, 0.1) is 0 Å². The average Bonchev–Trinajstić information content (AvgIpc) is 2.86. The molecule has 2 N–H and O–H groups in total. The van der Waals surface area contributed by atoms with E-state index in [2.05, 4.69) is 18.3 Å². The summed E-state index contributed by atoms with van der Waals surface area (Å²) in [7, 11) is 0. The summed E-state index contributed by atoms with van der Waals surface area (Å²) in [6.07, 6.45) is 3.25. The lowest BCUT2D eigenvalue weighted by molar-refractivity contribution is -0.149. The van der Waals surface area contributed by atoms with Crippen LogP contribution in [0.15, 0.2) is 11.6 Å². The van der Waals surface area contributed by atoms with Crippen LogP contribution in [-0.4, -0.2) is 53.8 Å². The highest BCUT2D eigenvalue weighted by Gasteiger charge is 2.30. The number of nitrogens with zero attached hydrogens (tertiary/aromatic N) is 1. The fraction of sp³-hybridized carbons (Fsp3) is 0.692. The zero-order chi connectivity index (χ0) is 13.8. The van der Waals surface area contributed by atoms with Crippen LogP contribution in [0.2, 0.25) is 0 Å². The molecule has 2 amide bonds. The fourth-order valence-electron chi connectivity index (χ4n) is 2.31. The number of carboxylic acids is 1. The quantitative estimate of drug-likeness (QED) is 0.748. The standard InChI is InChI=1S/C13H20N2O4/c1-9-4-6-15(7-5-9)13(18)14-8-10-2-3-11(19-10)12(16)17/h4,10-11H,2-3,5-8H2,1H3,(H,14,18)(H,16,17). The minimum Gasteiger partial charge on any atom is -0.479 e. The number of rotatable bonds is 3. The second kappa shape index (κ2) is 6.06. The number of aliphatic carboxylic acids is 1. The molecule has 0 spiro atoms. The number of carbonyl (C=O) groups is 2. The first-order valence-electron chi connectivity index (χ1n) is 6.63. The van der Waals surface area contributed by atoms with Crippen molar-refractivity contribution in [1.82, 2.24) is 10.2 Å². The van der Waals surface area contributed by atoms with E-state index >= 15 is 0 Å². The molecular weight excluding hydrogens is 248 g/mol. The van der Waals surface area contributed by atoms with Gasteiger partial charge in [0.2, 0.25) is 0 Å². The second-order valence-corrected chi connectivity index (χ2v) is 5.09. The molecule has 19 heavy (non-hydrogen) atoms. The van der Waals surface area contributed by atoms with Crippen molar-refractivity contribution in [3.8, 4) is 0 Å². The summed E-state index contributed by atoms with van der Waals surface area (Å²) in [5.74, 6) is -0.925. The third kappa shape index (κ3) is 3.70. The molecule has 0 aromatic carbocycles. The van der Waals surface area contributed by atoms with E-state index in [-0.39, 0.29) is 12.1 Å². The molecule has 2 unspecified atom stereocenters. The number of nitrogens with one attached hydrogen (secondary N) is 1. The van der Waals surface area contributed by atoms with Crippen LogP contribution < -0.4 is 5.32 Å². The van der Waals surface area contributed by atoms with Crippen molar-refractivity contribution in [3.63, 3.8) is 0 Å². The van der Waals surface area contributed by atoms with Gasteiger partial charge in [-0.05, 0) is 26.2 Å². The third-order valence-electron chi connectivity index (χ3n) is 3.59. The molecule has 2 aliphatic rings. The highest BCUT2D eigenvalue weighted by Crippen LogP contribution is 2.19. The van der Waals surface area contributed by atoms with Gasteiger partial charge in [0.05, 0.1) is 6.10 Å². The molecule has 0 radical (unpaired) electrons. The maximum absolute atomic E-state index is 11.9. The number of ether oxygens (including phenoxy) is 1. The summed E-state index contributed by atoms with van der Waals surface area (Å²) in [5, 5.41) is 11.6. The Labute approximate surface area is 112 Å². The molecule has 0 aliphatic carbocycles. The first kappa shape index (κ1) is 13.9. The van der Waals surface area contributed by atoms with Gasteiger partial charge in [-0.1, -0.05) is 11.6 Å². The summed E-state index contributed by atoms with van der Waals surface area (Å²) in [4.78, 5) is 24.4. The average molecular weight is 268 g/mol. The molecule has 0 saturated carbocycles. The van der Waals surface area contributed by atoms with Crippen LogP contribution in [0.3, 0.4) is 0 Å². The maximum atomic E-state index is 11.9. The van der Waals surface area contributed by atoms with Crippen LogP contribution >= 0.6 is 0 Å². The Morgan fingerprint density at radius 1 is 1.53 bits per heavy atom. The fourth-order valence-corrected chi connectivity index (χ4v) is 2.31. The Morgan fingerprint density at radius 2 is 2.32 bits per heavy atom. The van der Waals surface area contributed by atoms with Gasteiger partial charge in [0.15, 0.2) is 6.10 Å². The topological polar surface area (TPSA) is 78.9 Å². The zero-order valence-corrected chi connectivity index (χ0v) is 11.1. The van der Waals surface area contributed by atoms with Gasteiger partial charge >= 0.3 is 12.0 Å². The number of carboxylic acid groups (broad SMARTS) is 1. The lowest BCUT2D eigenvalue weighted by Crippen LogP contribution is -2.44. The summed E-state index contributed by atoms with van der Waals surface area (Å²) in [6.45, 7) is 3.81. The molecule has 2 aliphatic heterocycles. The first-order valence-corrected chi connectivity index (χ1v) is 6.63. The summed E-state index contributed by atoms with van der Waals surface area (Å²) in [6, 6.07) is -0.105. The van der Waals surface area contributed by atoms with E-state index in [0.29, 0.717) is 25.9 Å². The minimum absolute atomic E-state index is 0.105. The number of carbonyl (C=O) groups excluding carboxylic acids is 1. The molecule has 1 saturated heterocycles. The van der Waals surface area contributed by atoms with Gasteiger partial charge in [0.1, 0.15) is 0 Å². The van der Waals surface area contributed by atoms with Gasteiger partial charge in [-0.25, -0.2) is 9.59 Å². The molecule has 0 aromatic heterocycles. The largest absolute Gasteiger partial charge is 0.479 e. The number of hydrogen-bond acceptors (Lipinski definition) is 3. The second-order valence-electron chi connectivity index (χ2n) is 5.09. The van der Waals surface area contributed by atoms with E-state index in [4.69, 9.17) is 9.84 Å². The number of hydrogen-bond donors (Lipinski definition) is 2. The van der Waals surface area contributed by atoms with E-state index in [1.54, 1.807) is 4.90 Å². The minimum atomic E-state index is -0.925. The van der Waals surface area contributed by atoms with Crippen molar-refractivity contribution >= 4 is 12.0 Å². The molecule has 2 heterocycles. The van der Waals surface area contributed by atoms with E-state index in [1.807, 2.05) is 0 Å². The van der Waals surface area contributed by atoms with Gasteiger partial charge in [0, 0.05) is 19.6 Å². The molecule has 0 bridgehead atoms. The first-order chi connectivity index (χ1) is 9.06. The van der Waals surface area contributed by atoms with Gasteiger partial charge < -0.3 is 20.1 Å². The lowest BCUT2D eigenvalue weighted by Gasteiger charge is -2.26. The van der Waals surface area contributed by atoms with Gasteiger partial charge in [-0.15, -0.1) is 0 Å². The predicted octanol–water partition coefficient (Wildman–Crippen LogP) is 0.980. The Kier molecular flexibility index (Phi) is 4.42. The molecule has 1 fully saturated rings. The van der Waals surface area contributed by atoms with Crippen molar-refractivity contribution in [2.24, 2.45) is 0 Å². The SMILES string of the molecule is CC1=CCN(C(=O)NCC2CCC(C(=O)O)O2)CC1. The smallest absolute Gasteiger partial charge is 0.332 e. The summed E-state index contributed by atoms with van der Waals surface area (Å²) in [5.41, 5.74) is 1.31. The Morgan fingerprint density at radius 3 is 2.89 bits per heavy atom. The maximum Gasteiger partial charge on any atom is 0.332 e. The summed E-state index contributed by atoms with van der Waals surface area (Å²) < 4.78 is 5.33. The van der Waals surface area contributed by atoms with Gasteiger partial charge in [0.25, 0.3) is 0 Å². The normalized spacial score (nSPS) is 27.0. The Balaban J connectivity index is 1.71. The van der Waals surface area contributed by atoms with E-state index in [9.17, 15) is 9.59 Å². The van der Waals surface area contributed by atoms with Crippen LogP contribution in [-0.2, 0) is 9.53 Å². The predicted molar refractivity (Wildman–Crippen MR) is 68.9 cm³/mol. The molecule has 2 atom stereocenters. The number of urea groups is 1. The van der Waals surface area contributed by atoms with Crippen LogP contribution in [0.4, 0.5) is 4.79 Å². The van der Waals surface area contributed by atoms with E-state index < -0.39 is 12.1 Å². The molecule has 6 heteroatoms. The van der Waals surface area contributed by atoms with Crippen molar-refractivity contribution < 1.29 is 19.4 Å². The van der Waals surface area contributed by atoms with Crippen molar-refractivity contribution in [1.29, 1.82) is 0 Å². The summed E-state index contributed by atoms with van der Waals surface area (Å²) >= 11 is 0. The van der Waals surface area contributed by atoms with Crippen LogP contribution in [0.5, 0.6) is 0 Å². The molecule has 2 rings (SSSR count). The van der Waals surface area contributed by atoms with Crippen molar-refractivity contribution in [2.45, 2.75) is 38.4 Å². The molecule has 0 aromatic rings. The van der Waals surface area contributed by atoms with Crippen molar-refractivity contribution in [3.05, 3.63) is 11.6 Å².